The van der Waals surface area contributed by atoms with Gasteiger partial charge in [-0.25, -0.2) is 9.59 Å². The molecule has 9 nitrogen and oxygen atoms in total. The molecule has 0 saturated carbocycles. The number of imide groups is 1. The number of benzene rings is 2. The van der Waals surface area contributed by atoms with Crippen molar-refractivity contribution < 1.29 is 19.2 Å². The monoisotopic (exact) mass is 435 g/mol. The molecule has 1 fully saturated rings. The molecule has 3 rings (SSSR count). The summed E-state index contributed by atoms with van der Waals surface area (Å²) in [7, 11) is 0. The number of urea groups is 2. The number of nitrogens with zero attached hydrogens (tertiary/aromatic N) is 1. The maximum Gasteiger partial charge on any atom is 0.325 e. The minimum atomic E-state index is -1.23. The summed E-state index contributed by atoms with van der Waals surface area (Å²) in [5, 5.41) is 10.5. The van der Waals surface area contributed by atoms with Crippen LogP contribution in [0.5, 0.6) is 0 Å². The van der Waals surface area contributed by atoms with Crippen LogP contribution in [0.4, 0.5) is 21.0 Å². The quantitative estimate of drug-likeness (QED) is 0.395. The van der Waals surface area contributed by atoms with Gasteiger partial charge in [-0.2, -0.15) is 0 Å². The van der Waals surface area contributed by atoms with E-state index in [1.54, 1.807) is 49.4 Å². The predicted octanol–water partition coefficient (Wildman–Crippen LogP) is 2.71. The van der Waals surface area contributed by atoms with Gasteiger partial charge in [0.1, 0.15) is 12.1 Å². The van der Waals surface area contributed by atoms with Crippen LogP contribution in [0, 0.1) is 6.92 Å². The average molecular weight is 435 g/mol. The van der Waals surface area contributed by atoms with E-state index in [4.69, 9.17) is 0 Å². The lowest BCUT2D eigenvalue weighted by atomic mass is 9.91. The second-order valence-electron chi connectivity index (χ2n) is 7.56. The molecule has 1 atom stereocenters. The second kappa shape index (κ2) is 9.34. The van der Waals surface area contributed by atoms with Crippen LogP contribution < -0.4 is 21.3 Å². The fourth-order valence-corrected chi connectivity index (χ4v) is 3.24. The van der Waals surface area contributed by atoms with E-state index in [9.17, 15) is 19.2 Å². The molecule has 9 heteroatoms. The summed E-state index contributed by atoms with van der Waals surface area (Å²) in [6, 6.07) is 12.7. The van der Waals surface area contributed by atoms with Crippen molar-refractivity contribution in [1.29, 1.82) is 0 Å². The van der Waals surface area contributed by atoms with E-state index in [2.05, 4.69) is 27.8 Å². The minimum absolute atomic E-state index is 0.339. The molecule has 166 valence electrons. The minimum Gasteiger partial charge on any atom is -0.334 e. The molecule has 1 aliphatic heterocycles. The maximum atomic E-state index is 12.9. The zero-order chi connectivity index (χ0) is 23.3. The first-order chi connectivity index (χ1) is 15.2. The molecule has 0 aliphatic carbocycles. The van der Waals surface area contributed by atoms with E-state index in [0.717, 1.165) is 10.5 Å². The highest BCUT2D eigenvalue weighted by Gasteiger charge is 2.49. The van der Waals surface area contributed by atoms with Crippen LogP contribution in [-0.4, -0.2) is 41.9 Å². The van der Waals surface area contributed by atoms with Crippen molar-refractivity contribution in [3.8, 4) is 0 Å². The van der Waals surface area contributed by atoms with Gasteiger partial charge in [-0.05, 0) is 43.7 Å². The third kappa shape index (κ3) is 4.94. The third-order valence-corrected chi connectivity index (χ3v) is 5.04. The van der Waals surface area contributed by atoms with Crippen molar-refractivity contribution in [3.63, 3.8) is 0 Å². The summed E-state index contributed by atoms with van der Waals surface area (Å²) in [6.45, 7) is 6.98. The van der Waals surface area contributed by atoms with Gasteiger partial charge in [0, 0.05) is 17.9 Å². The summed E-state index contributed by atoms with van der Waals surface area (Å²) in [5.41, 5.74) is 1.44. The highest BCUT2D eigenvalue weighted by molar-refractivity contribution is 6.10. The van der Waals surface area contributed by atoms with E-state index in [-0.39, 0.29) is 6.03 Å². The number of anilines is 2. The van der Waals surface area contributed by atoms with Crippen molar-refractivity contribution in [1.82, 2.24) is 15.5 Å². The number of carbonyl (C=O) groups is 4. The standard InChI is InChI=1S/C23H25N5O4/c1-4-13-24-21(31)26-18-11-9-17(10-12-18)25-19(29)14-28-20(30)23(3,27-22(28)32)16-7-5-15(2)6-8-16/h4-12H,1,13-14H2,2-3H3,(H,25,29)(H,27,32)(H2,24,26,31). The molecular formula is C23H25N5O4. The summed E-state index contributed by atoms with van der Waals surface area (Å²) < 4.78 is 0. The Morgan fingerprint density at radius 1 is 1.03 bits per heavy atom. The molecule has 32 heavy (non-hydrogen) atoms. The van der Waals surface area contributed by atoms with Gasteiger partial charge in [0.15, 0.2) is 0 Å². The topological polar surface area (TPSA) is 120 Å². The summed E-state index contributed by atoms with van der Waals surface area (Å²) >= 11 is 0. The molecule has 4 N–H and O–H groups in total. The smallest absolute Gasteiger partial charge is 0.325 e. The highest BCUT2D eigenvalue weighted by atomic mass is 16.2. The Balaban J connectivity index is 1.60. The molecule has 1 aliphatic rings. The number of nitrogens with one attached hydrogen (secondary N) is 4. The van der Waals surface area contributed by atoms with Crippen molar-refractivity contribution in [2.75, 3.05) is 23.7 Å². The molecule has 2 aromatic rings. The first-order valence-electron chi connectivity index (χ1n) is 10.00. The van der Waals surface area contributed by atoms with Gasteiger partial charge in [-0.15, -0.1) is 6.58 Å². The largest absolute Gasteiger partial charge is 0.334 e. The number of hydrogen-bond donors (Lipinski definition) is 4. The van der Waals surface area contributed by atoms with Crippen LogP contribution in [0.25, 0.3) is 0 Å². The lowest BCUT2D eigenvalue weighted by Gasteiger charge is -2.22. The molecular weight excluding hydrogens is 410 g/mol. The lowest BCUT2D eigenvalue weighted by Crippen LogP contribution is -2.42. The first-order valence-corrected chi connectivity index (χ1v) is 10.00. The Kier molecular flexibility index (Phi) is 6.58. The number of hydrogen-bond acceptors (Lipinski definition) is 4. The third-order valence-electron chi connectivity index (χ3n) is 5.04. The van der Waals surface area contributed by atoms with Crippen molar-refractivity contribution >= 4 is 35.3 Å². The summed E-state index contributed by atoms with van der Waals surface area (Å²) in [4.78, 5) is 50.4. The Bertz CT molecular complexity index is 1050. The molecule has 0 spiro atoms. The van der Waals surface area contributed by atoms with Gasteiger partial charge < -0.3 is 21.3 Å². The number of amides is 6. The van der Waals surface area contributed by atoms with Crippen LogP contribution in [-0.2, 0) is 15.1 Å². The van der Waals surface area contributed by atoms with Crippen LogP contribution in [0.2, 0.25) is 0 Å². The molecule has 2 aromatic carbocycles. The molecule has 0 bridgehead atoms. The zero-order valence-electron chi connectivity index (χ0n) is 17.9. The van der Waals surface area contributed by atoms with E-state index < -0.39 is 29.9 Å². The Morgan fingerprint density at radius 2 is 1.62 bits per heavy atom. The highest BCUT2D eigenvalue weighted by Crippen LogP contribution is 2.29. The Labute approximate surface area is 185 Å². The Hall–Kier alpha value is -4.14. The predicted molar refractivity (Wildman–Crippen MR) is 121 cm³/mol. The Morgan fingerprint density at radius 3 is 2.22 bits per heavy atom. The molecule has 1 unspecified atom stereocenters. The second-order valence-corrected chi connectivity index (χ2v) is 7.56. The van der Waals surface area contributed by atoms with Gasteiger partial charge in [-0.3, -0.25) is 14.5 Å². The number of aryl methyl sites for hydroxylation is 1. The molecule has 1 heterocycles. The van der Waals surface area contributed by atoms with E-state index in [1.165, 1.54) is 0 Å². The van der Waals surface area contributed by atoms with Gasteiger partial charge >= 0.3 is 12.1 Å². The van der Waals surface area contributed by atoms with Crippen LogP contribution in [0.15, 0.2) is 61.2 Å². The lowest BCUT2D eigenvalue weighted by molar-refractivity contribution is -0.133. The number of rotatable bonds is 7. The van der Waals surface area contributed by atoms with Gasteiger partial charge in [0.2, 0.25) is 5.91 Å². The van der Waals surface area contributed by atoms with Gasteiger partial charge in [-0.1, -0.05) is 35.9 Å². The van der Waals surface area contributed by atoms with Crippen molar-refractivity contribution in [2.45, 2.75) is 19.4 Å². The van der Waals surface area contributed by atoms with E-state index in [0.29, 0.717) is 23.5 Å². The fourth-order valence-electron chi connectivity index (χ4n) is 3.24. The molecule has 0 aromatic heterocycles. The number of carbonyl (C=O) groups excluding carboxylic acids is 4. The summed E-state index contributed by atoms with van der Waals surface area (Å²) in [5.74, 6) is -1.02. The maximum absolute atomic E-state index is 12.9. The zero-order valence-corrected chi connectivity index (χ0v) is 17.9. The SMILES string of the molecule is C=CCNC(=O)Nc1ccc(NC(=O)CN2C(=O)NC(C)(c3ccc(C)cc3)C2=O)cc1. The van der Waals surface area contributed by atoms with Crippen LogP contribution >= 0.6 is 0 Å². The molecule has 6 amide bonds. The van der Waals surface area contributed by atoms with Crippen molar-refractivity contribution in [3.05, 3.63) is 72.3 Å². The average Bonchev–Trinajstić information content (AvgIpc) is 2.98. The van der Waals surface area contributed by atoms with Crippen LogP contribution in [0.1, 0.15) is 18.1 Å². The van der Waals surface area contributed by atoms with Crippen molar-refractivity contribution in [2.24, 2.45) is 0 Å². The van der Waals surface area contributed by atoms with Crippen LogP contribution in [0.3, 0.4) is 0 Å². The summed E-state index contributed by atoms with van der Waals surface area (Å²) in [6.07, 6.45) is 1.56. The van der Waals surface area contributed by atoms with E-state index >= 15 is 0 Å². The fraction of sp³-hybridized carbons (Fsp3) is 0.217. The molecule has 1 saturated heterocycles. The molecule has 0 radical (unpaired) electrons. The van der Waals surface area contributed by atoms with Gasteiger partial charge in [0.05, 0.1) is 0 Å². The van der Waals surface area contributed by atoms with E-state index in [1.807, 2.05) is 19.1 Å². The van der Waals surface area contributed by atoms with Gasteiger partial charge in [0.25, 0.3) is 5.91 Å². The first kappa shape index (κ1) is 22.5. The normalized spacial score (nSPS) is 17.5.